The molecule has 2 aromatic rings. The molecule has 2 rings (SSSR count). The zero-order valence-electron chi connectivity index (χ0n) is 11.3. The van der Waals surface area contributed by atoms with Crippen molar-refractivity contribution in [2.75, 3.05) is 14.2 Å². The molecule has 0 aliphatic carbocycles. The van der Waals surface area contributed by atoms with Crippen LogP contribution in [0.3, 0.4) is 0 Å². The Bertz CT molecular complexity index is 514. The summed E-state index contributed by atoms with van der Waals surface area (Å²) in [4.78, 5) is 5.29. The van der Waals surface area contributed by atoms with Crippen LogP contribution in [0.15, 0.2) is 29.9 Å². The van der Waals surface area contributed by atoms with Crippen molar-refractivity contribution in [2.45, 2.75) is 19.5 Å². The molecular formula is C14H18N2O2S. The van der Waals surface area contributed by atoms with E-state index in [2.05, 4.69) is 17.2 Å². The summed E-state index contributed by atoms with van der Waals surface area (Å²) in [7, 11) is 3.33. The molecule has 19 heavy (non-hydrogen) atoms. The maximum Gasteiger partial charge on any atom is 0.127 e. The molecule has 1 atom stereocenters. The lowest BCUT2D eigenvalue weighted by atomic mass is 10.1. The van der Waals surface area contributed by atoms with Gasteiger partial charge in [-0.2, -0.15) is 0 Å². The highest BCUT2D eigenvalue weighted by Gasteiger charge is 2.12. The molecule has 0 radical (unpaired) electrons. The van der Waals surface area contributed by atoms with Crippen LogP contribution in [-0.2, 0) is 6.54 Å². The summed E-state index contributed by atoms with van der Waals surface area (Å²) in [5.41, 5.74) is 2.96. The van der Waals surface area contributed by atoms with Crippen LogP contribution in [0.1, 0.15) is 23.4 Å². The molecule has 0 saturated carbocycles. The van der Waals surface area contributed by atoms with Crippen LogP contribution in [-0.4, -0.2) is 19.2 Å². The summed E-state index contributed by atoms with van der Waals surface area (Å²) in [6.07, 6.45) is 1.88. The highest BCUT2D eigenvalue weighted by Crippen LogP contribution is 2.29. The molecule has 5 heteroatoms. The first-order chi connectivity index (χ1) is 9.24. The number of hydrogen-bond donors (Lipinski definition) is 1. The van der Waals surface area contributed by atoms with Crippen LogP contribution in [0.2, 0.25) is 0 Å². The Labute approximate surface area is 117 Å². The molecule has 102 valence electrons. The number of nitrogens with one attached hydrogen (secondary N) is 1. The normalized spacial score (nSPS) is 12.2. The lowest BCUT2D eigenvalue weighted by Gasteiger charge is -2.17. The van der Waals surface area contributed by atoms with Crippen molar-refractivity contribution in [3.63, 3.8) is 0 Å². The molecule has 0 saturated heterocycles. The SMILES string of the molecule is COc1ccc(C(C)NCc2cncs2)c(OC)c1. The molecule has 0 fully saturated rings. The van der Waals surface area contributed by atoms with E-state index in [-0.39, 0.29) is 6.04 Å². The number of aromatic nitrogens is 1. The minimum absolute atomic E-state index is 0.197. The van der Waals surface area contributed by atoms with Crippen LogP contribution < -0.4 is 14.8 Å². The number of rotatable bonds is 6. The number of ether oxygens (including phenoxy) is 2. The summed E-state index contributed by atoms with van der Waals surface area (Å²) in [5, 5.41) is 3.46. The van der Waals surface area contributed by atoms with Gasteiger partial charge in [-0.25, -0.2) is 0 Å². The topological polar surface area (TPSA) is 43.4 Å². The maximum atomic E-state index is 5.42. The van der Waals surface area contributed by atoms with Crippen LogP contribution >= 0.6 is 11.3 Å². The number of benzene rings is 1. The molecule has 0 spiro atoms. The Hall–Kier alpha value is -1.59. The molecule has 4 nitrogen and oxygen atoms in total. The predicted molar refractivity (Wildman–Crippen MR) is 76.9 cm³/mol. The molecule has 1 N–H and O–H groups in total. The van der Waals surface area contributed by atoms with E-state index in [1.807, 2.05) is 29.9 Å². The molecule has 1 unspecified atom stereocenters. The zero-order valence-corrected chi connectivity index (χ0v) is 12.2. The van der Waals surface area contributed by atoms with Crippen LogP contribution in [0, 0.1) is 0 Å². The fourth-order valence-electron chi connectivity index (χ4n) is 1.87. The first kappa shape index (κ1) is 13.8. The van der Waals surface area contributed by atoms with E-state index in [1.165, 1.54) is 4.88 Å². The van der Waals surface area contributed by atoms with Gasteiger partial charge in [-0.15, -0.1) is 11.3 Å². The van der Waals surface area contributed by atoms with Crippen molar-refractivity contribution in [1.29, 1.82) is 0 Å². The van der Waals surface area contributed by atoms with E-state index >= 15 is 0 Å². The lowest BCUT2D eigenvalue weighted by Crippen LogP contribution is -2.18. The second-order valence-corrected chi connectivity index (χ2v) is 5.15. The van der Waals surface area contributed by atoms with E-state index in [0.29, 0.717) is 0 Å². The van der Waals surface area contributed by atoms with Gasteiger partial charge in [-0.1, -0.05) is 6.07 Å². The highest BCUT2D eigenvalue weighted by atomic mass is 32.1. The van der Waals surface area contributed by atoms with Gasteiger partial charge in [0, 0.05) is 35.3 Å². The molecular weight excluding hydrogens is 260 g/mol. The number of nitrogens with zero attached hydrogens (tertiary/aromatic N) is 1. The van der Waals surface area contributed by atoms with Crippen molar-refractivity contribution >= 4 is 11.3 Å². The number of thiazole rings is 1. The van der Waals surface area contributed by atoms with Crippen molar-refractivity contribution in [2.24, 2.45) is 0 Å². The molecule has 0 bridgehead atoms. The first-order valence-corrected chi connectivity index (χ1v) is 6.95. The van der Waals surface area contributed by atoms with E-state index in [1.54, 1.807) is 25.6 Å². The Morgan fingerprint density at radius 3 is 2.79 bits per heavy atom. The quantitative estimate of drug-likeness (QED) is 0.882. The van der Waals surface area contributed by atoms with Gasteiger partial charge in [0.2, 0.25) is 0 Å². The van der Waals surface area contributed by atoms with Crippen molar-refractivity contribution in [3.05, 3.63) is 40.3 Å². The number of hydrogen-bond acceptors (Lipinski definition) is 5. The van der Waals surface area contributed by atoms with Gasteiger partial charge in [0.1, 0.15) is 11.5 Å². The zero-order chi connectivity index (χ0) is 13.7. The third kappa shape index (κ3) is 3.45. The van der Waals surface area contributed by atoms with Crippen LogP contribution in [0.25, 0.3) is 0 Å². The summed E-state index contributed by atoms with van der Waals surface area (Å²) < 4.78 is 10.6. The van der Waals surface area contributed by atoms with E-state index in [0.717, 1.165) is 23.6 Å². The second kappa shape index (κ2) is 6.54. The Balaban J connectivity index is 2.07. The van der Waals surface area contributed by atoms with Gasteiger partial charge in [0.25, 0.3) is 0 Å². The van der Waals surface area contributed by atoms with Crippen LogP contribution in [0.5, 0.6) is 11.5 Å². The molecule has 0 aliphatic heterocycles. The molecule has 1 aromatic carbocycles. The summed E-state index contributed by atoms with van der Waals surface area (Å²) >= 11 is 1.65. The molecule has 0 aliphatic rings. The smallest absolute Gasteiger partial charge is 0.127 e. The van der Waals surface area contributed by atoms with Gasteiger partial charge < -0.3 is 14.8 Å². The van der Waals surface area contributed by atoms with Gasteiger partial charge in [0.15, 0.2) is 0 Å². The van der Waals surface area contributed by atoms with Gasteiger partial charge in [-0.3, -0.25) is 4.98 Å². The monoisotopic (exact) mass is 278 g/mol. The summed E-state index contributed by atoms with van der Waals surface area (Å²) in [5.74, 6) is 1.64. The van der Waals surface area contributed by atoms with Crippen molar-refractivity contribution < 1.29 is 9.47 Å². The van der Waals surface area contributed by atoms with Crippen molar-refractivity contribution in [1.82, 2.24) is 10.3 Å². The van der Waals surface area contributed by atoms with Crippen LogP contribution in [0.4, 0.5) is 0 Å². The average Bonchev–Trinajstić information content (AvgIpc) is 2.97. The van der Waals surface area contributed by atoms with Crippen molar-refractivity contribution in [3.8, 4) is 11.5 Å². The lowest BCUT2D eigenvalue weighted by molar-refractivity contribution is 0.386. The maximum absolute atomic E-state index is 5.42. The molecule has 1 aromatic heterocycles. The minimum Gasteiger partial charge on any atom is -0.497 e. The fourth-order valence-corrected chi connectivity index (χ4v) is 2.41. The van der Waals surface area contributed by atoms with Gasteiger partial charge in [-0.05, 0) is 13.0 Å². The van der Waals surface area contributed by atoms with Gasteiger partial charge >= 0.3 is 0 Å². The third-order valence-corrected chi connectivity index (χ3v) is 3.75. The number of methoxy groups -OCH3 is 2. The summed E-state index contributed by atoms with van der Waals surface area (Å²) in [6, 6.07) is 6.08. The Kier molecular flexibility index (Phi) is 4.76. The standard InChI is InChI=1S/C14H18N2O2S/c1-10(16-8-12-7-15-9-19-12)13-5-4-11(17-2)6-14(13)18-3/h4-7,9-10,16H,8H2,1-3H3. The predicted octanol–water partition coefficient (Wildman–Crippen LogP) is 3.01. The Morgan fingerprint density at radius 1 is 1.32 bits per heavy atom. The van der Waals surface area contributed by atoms with E-state index in [4.69, 9.17) is 9.47 Å². The second-order valence-electron chi connectivity index (χ2n) is 4.18. The highest BCUT2D eigenvalue weighted by molar-refractivity contribution is 7.09. The van der Waals surface area contributed by atoms with E-state index in [9.17, 15) is 0 Å². The molecule has 1 heterocycles. The van der Waals surface area contributed by atoms with E-state index < -0.39 is 0 Å². The minimum atomic E-state index is 0.197. The molecule has 0 amide bonds. The third-order valence-electron chi connectivity index (χ3n) is 2.97. The fraction of sp³-hybridized carbons (Fsp3) is 0.357. The summed E-state index contributed by atoms with van der Waals surface area (Å²) in [6.45, 7) is 2.92. The average molecular weight is 278 g/mol. The largest absolute Gasteiger partial charge is 0.497 e. The van der Waals surface area contributed by atoms with Gasteiger partial charge in [0.05, 0.1) is 19.7 Å². The first-order valence-electron chi connectivity index (χ1n) is 6.07. The Morgan fingerprint density at radius 2 is 2.16 bits per heavy atom.